The Bertz CT molecular complexity index is 860. The molecule has 0 saturated heterocycles. The van der Waals surface area contributed by atoms with Crippen LogP contribution in [0.25, 0.3) is 0 Å². The number of hydrogen-bond donors (Lipinski definition) is 1. The molecular weight excluding hydrogens is 344 g/mol. The van der Waals surface area contributed by atoms with Crippen LogP contribution >= 0.6 is 11.3 Å². The summed E-state index contributed by atoms with van der Waals surface area (Å²) in [5.41, 5.74) is 0.103. The van der Waals surface area contributed by atoms with Crippen LogP contribution in [-0.4, -0.2) is 42.6 Å². The molecule has 2 aromatic rings. The topological polar surface area (TPSA) is 123 Å². The van der Waals surface area contributed by atoms with Gasteiger partial charge in [-0.15, -0.1) is 0 Å². The number of carbonyl (C=O) groups is 1. The van der Waals surface area contributed by atoms with Gasteiger partial charge in [0.25, 0.3) is 5.91 Å². The second kappa shape index (κ2) is 6.40. The van der Waals surface area contributed by atoms with Crippen LogP contribution in [0, 0.1) is 10.1 Å². The number of rotatable bonds is 5. The van der Waals surface area contributed by atoms with Crippen molar-refractivity contribution in [3.05, 3.63) is 46.1 Å². The summed E-state index contributed by atoms with van der Waals surface area (Å²) in [7, 11) is -0.891. The Morgan fingerprint density at radius 1 is 1.39 bits per heavy atom. The van der Waals surface area contributed by atoms with Crippen LogP contribution in [0.2, 0.25) is 0 Å². The highest BCUT2D eigenvalue weighted by molar-refractivity contribution is 7.89. The standard InChI is InChI=1S/C12H12N4O5S2/c1-15(2)23(20,21)9-5-3-4-8(6-9)11(17)14-12-13-7-10(22-12)16(18)19/h3-7H,1-2H3,(H,13,14,17). The number of aromatic nitrogens is 1. The molecule has 0 bridgehead atoms. The Labute approximate surface area is 135 Å². The minimum atomic E-state index is -3.66. The van der Waals surface area contributed by atoms with E-state index in [1.807, 2.05) is 0 Å². The van der Waals surface area contributed by atoms with Gasteiger partial charge in [-0.05, 0) is 29.5 Å². The van der Waals surface area contributed by atoms with Crippen molar-refractivity contribution in [2.75, 3.05) is 19.4 Å². The van der Waals surface area contributed by atoms with E-state index in [-0.39, 0.29) is 20.6 Å². The third-order valence-corrected chi connectivity index (χ3v) is 5.44. The minimum Gasteiger partial charge on any atom is -0.298 e. The summed E-state index contributed by atoms with van der Waals surface area (Å²) in [4.78, 5) is 25.8. The Kier molecular flexibility index (Phi) is 4.73. The van der Waals surface area contributed by atoms with E-state index in [1.165, 1.54) is 38.4 Å². The molecule has 2 rings (SSSR count). The highest BCUT2D eigenvalue weighted by Crippen LogP contribution is 2.25. The van der Waals surface area contributed by atoms with Gasteiger partial charge in [0.2, 0.25) is 10.0 Å². The van der Waals surface area contributed by atoms with Crippen molar-refractivity contribution in [2.45, 2.75) is 4.90 Å². The van der Waals surface area contributed by atoms with Crippen LogP contribution in [0.3, 0.4) is 0 Å². The third kappa shape index (κ3) is 3.70. The van der Waals surface area contributed by atoms with Crippen LogP contribution in [0.5, 0.6) is 0 Å². The van der Waals surface area contributed by atoms with Crippen LogP contribution < -0.4 is 5.32 Å². The average molecular weight is 356 g/mol. The van der Waals surface area contributed by atoms with Gasteiger partial charge in [-0.1, -0.05) is 6.07 Å². The summed E-state index contributed by atoms with van der Waals surface area (Å²) < 4.78 is 25.1. The second-order valence-electron chi connectivity index (χ2n) is 4.53. The molecular formula is C12H12N4O5S2. The predicted octanol–water partition coefficient (Wildman–Crippen LogP) is 1.55. The molecule has 122 valence electrons. The molecule has 0 aliphatic heterocycles. The van der Waals surface area contributed by atoms with Crippen LogP contribution in [0.15, 0.2) is 35.4 Å². The van der Waals surface area contributed by atoms with E-state index in [2.05, 4.69) is 10.3 Å². The molecule has 0 aliphatic carbocycles. The molecule has 0 saturated carbocycles. The van der Waals surface area contributed by atoms with Gasteiger partial charge < -0.3 is 0 Å². The largest absolute Gasteiger partial charge is 0.345 e. The number of hydrogen-bond acceptors (Lipinski definition) is 7. The van der Waals surface area contributed by atoms with E-state index in [0.29, 0.717) is 11.3 Å². The van der Waals surface area contributed by atoms with Crippen molar-refractivity contribution in [3.63, 3.8) is 0 Å². The molecule has 0 unspecified atom stereocenters. The molecule has 1 amide bonds. The van der Waals surface area contributed by atoms with E-state index in [1.54, 1.807) is 0 Å². The SMILES string of the molecule is CN(C)S(=O)(=O)c1cccc(C(=O)Nc2ncc([N+](=O)[O-])s2)c1. The number of thiazole rings is 1. The molecule has 0 atom stereocenters. The summed E-state index contributed by atoms with van der Waals surface area (Å²) in [5.74, 6) is -0.606. The zero-order valence-electron chi connectivity index (χ0n) is 12.1. The molecule has 11 heteroatoms. The lowest BCUT2D eigenvalue weighted by atomic mass is 10.2. The zero-order chi connectivity index (χ0) is 17.2. The second-order valence-corrected chi connectivity index (χ2v) is 7.69. The van der Waals surface area contributed by atoms with Gasteiger partial charge in [-0.3, -0.25) is 20.2 Å². The third-order valence-electron chi connectivity index (χ3n) is 2.77. The van der Waals surface area contributed by atoms with Crippen LogP contribution in [0.4, 0.5) is 10.1 Å². The molecule has 0 fully saturated rings. The number of benzene rings is 1. The number of amides is 1. The first-order valence-electron chi connectivity index (χ1n) is 6.16. The summed E-state index contributed by atoms with van der Waals surface area (Å²) in [5, 5.41) is 12.8. The molecule has 1 aromatic carbocycles. The maximum Gasteiger partial charge on any atom is 0.345 e. The number of carbonyl (C=O) groups excluding carboxylic acids is 1. The Morgan fingerprint density at radius 2 is 2.09 bits per heavy atom. The molecule has 1 aromatic heterocycles. The van der Waals surface area contributed by atoms with Gasteiger partial charge in [0.1, 0.15) is 6.20 Å². The summed E-state index contributed by atoms with van der Waals surface area (Å²) in [6, 6.07) is 5.48. The monoisotopic (exact) mass is 356 g/mol. The van der Waals surface area contributed by atoms with E-state index < -0.39 is 20.9 Å². The molecule has 9 nitrogen and oxygen atoms in total. The van der Waals surface area contributed by atoms with Crippen LogP contribution in [-0.2, 0) is 10.0 Å². The van der Waals surface area contributed by atoms with Gasteiger partial charge >= 0.3 is 5.00 Å². The smallest absolute Gasteiger partial charge is 0.298 e. The molecule has 1 N–H and O–H groups in total. The van der Waals surface area contributed by atoms with Gasteiger partial charge in [-0.2, -0.15) is 0 Å². The van der Waals surface area contributed by atoms with Crippen molar-refractivity contribution < 1.29 is 18.1 Å². The van der Waals surface area contributed by atoms with Crippen molar-refractivity contribution in [1.29, 1.82) is 0 Å². The van der Waals surface area contributed by atoms with Crippen molar-refractivity contribution in [1.82, 2.24) is 9.29 Å². The van der Waals surface area contributed by atoms with Crippen LogP contribution in [0.1, 0.15) is 10.4 Å². The fourth-order valence-electron chi connectivity index (χ4n) is 1.59. The lowest BCUT2D eigenvalue weighted by Crippen LogP contribution is -2.22. The van der Waals surface area contributed by atoms with Gasteiger partial charge in [0, 0.05) is 19.7 Å². The first kappa shape index (κ1) is 17.0. The molecule has 0 aliphatic rings. The quantitative estimate of drug-likeness (QED) is 0.640. The number of nitro groups is 1. The predicted molar refractivity (Wildman–Crippen MR) is 84.0 cm³/mol. The van der Waals surface area contributed by atoms with Gasteiger partial charge in [0.15, 0.2) is 5.13 Å². The summed E-state index contributed by atoms with van der Waals surface area (Å²) in [6.45, 7) is 0. The van der Waals surface area contributed by atoms with E-state index >= 15 is 0 Å². The zero-order valence-corrected chi connectivity index (χ0v) is 13.7. The average Bonchev–Trinajstić information content (AvgIpc) is 2.96. The lowest BCUT2D eigenvalue weighted by Gasteiger charge is -2.12. The van der Waals surface area contributed by atoms with E-state index in [9.17, 15) is 23.3 Å². The fourth-order valence-corrected chi connectivity index (χ4v) is 3.16. The molecule has 0 spiro atoms. The molecule has 0 radical (unpaired) electrons. The summed E-state index contributed by atoms with van der Waals surface area (Å²) in [6.07, 6.45) is 1.03. The summed E-state index contributed by atoms with van der Waals surface area (Å²) >= 11 is 0.710. The van der Waals surface area contributed by atoms with Crippen molar-refractivity contribution in [2.24, 2.45) is 0 Å². The number of nitrogens with zero attached hydrogens (tertiary/aromatic N) is 3. The first-order chi connectivity index (χ1) is 10.7. The number of nitrogens with one attached hydrogen (secondary N) is 1. The highest BCUT2D eigenvalue weighted by atomic mass is 32.2. The highest BCUT2D eigenvalue weighted by Gasteiger charge is 2.19. The lowest BCUT2D eigenvalue weighted by molar-refractivity contribution is -0.380. The minimum absolute atomic E-state index is 0.0275. The maximum absolute atomic E-state index is 12.1. The van der Waals surface area contributed by atoms with Crippen molar-refractivity contribution >= 4 is 37.4 Å². The van der Waals surface area contributed by atoms with E-state index in [4.69, 9.17) is 0 Å². The maximum atomic E-state index is 12.1. The Morgan fingerprint density at radius 3 is 2.65 bits per heavy atom. The fraction of sp³-hybridized carbons (Fsp3) is 0.167. The molecule has 23 heavy (non-hydrogen) atoms. The Hall–Kier alpha value is -2.37. The number of anilines is 1. The Balaban J connectivity index is 2.24. The number of sulfonamides is 1. The van der Waals surface area contributed by atoms with Gasteiger partial charge in [0.05, 0.1) is 9.82 Å². The van der Waals surface area contributed by atoms with Crippen molar-refractivity contribution in [3.8, 4) is 0 Å². The van der Waals surface area contributed by atoms with Gasteiger partial charge in [-0.25, -0.2) is 17.7 Å². The normalized spacial score (nSPS) is 11.4. The van der Waals surface area contributed by atoms with E-state index in [0.717, 1.165) is 10.5 Å². The molecule has 1 heterocycles. The first-order valence-corrected chi connectivity index (χ1v) is 8.41.